The van der Waals surface area contributed by atoms with Crippen molar-refractivity contribution in [2.75, 3.05) is 25.0 Å². The van der Waals surface area contributed by atoms with Gasteiger partial charge in [-0.1, -0.05) is 6.07 Å². The highest BCUT2D eigenvalue weighted by Crippen LogP contribution is 2.21. The average Bonchev–Trinajstić information content (AvgIpc) is 3.09. The maximum atomic E-state index is 12.4. The lowest BCUT2D eigenvalue weighted by Gasteiger charge is -2.38. The van der Waals surface area contributed by atoms with Crippen LogP contribution < -0.4 is 4.90 Å². The standard InChI is InChI=1S/C15H18N4OS/c1-18(15(20)13-10-21-11-17-13)12-5-4-8-19(9-12)14-6-2-3-7-16-14/h2-3,6-7,10-12H,4-5,8-9H2,1H3/t12-/m0/s1. The Balaban J connectivity index is 1.70. The Kier molecular flexibility index (Phi) is 4.15. The number of likely N-dealkylation sites (N-methyl/N-ethyl adjacent to an activating group) is 1. The number of pyridine rings is 1. The molecule has 110 valence electrons. The molecule has 0 unspecified atom stereocenters. The van der Waals surface area contributed by atoms with E-state index in [0.717, 1.165) is 31.7 Å². The third-order valence-electron chi connectivity index (χ3n) is 3.89. The first-order chi connectivity index (χ1) is 10.3. The number of carbonyl (C=O) groups excluding carboxylic acids is 1. The van der Waals surface area contributed by atoms with Crippen molar-refractivity contribution < 1.29 is 4.79 Å². The van der Waals surface area contributed by atoms with Crippen molar-refractivity contribution in [3.05, 3.63) is 41.0 Å². The number of anilines is 1. The summed E-state index contributed by atoms with van der Waals surface area (Å²) in [4.78, 5) is 25.0. The van der Waals surface area contributed by atoms with Gasteiger partial charge in [0.25, 0.3) is 5.91 Å². The molecule has 0 radical (unpaired) electrons. The fourth-order valence-electron chi connectivity index (χ4n) is 2.68. The van der Waals surface area contributed by atoms with Crippen LogP contribution in [0.2, 0.25) is 0 Å². The second-order valence-corrected chi connectivity index (χ2v) is 5.94. The first kappa shape index (κ1) is 14.0. The Morgan fingerprint density at radius 3 is 3.05 bits per heavy atom. The van der Waals surface area contributed by atoms with Crippen LogP contribution in [0.3, 0.4) is 0 Å². The van der Waals surface area contributed by atoms with Gasteiger partial charge in [0.05, 0.1) is 5.51 Å². The molecular weight excluding hydrogens is 284 g/mol. The molecule has 1 atom stereocenters. The molecule has 2 aromatic rings. The lowest BCUT2D eigenvalue weighted by Crippen LogP contribution is -2.49. The second kappa shape index (κ2) is 6.22. The van der Waals surface area contributed by atoms with Gasteiger partial charge in [0.2, 0.25) is 0 Å². The number of piperidine rings is 1. The molecule has 3 rings (SSSR count). The normalized spacial score (nSPS) is 18.5. The molecule has 3 heterocycles. The molecule has 1 amide bonds. The number of hydrogen-bond acceptors (Lipinski definition) is 5. The van der Waals surface area contributed by atoms with E-state index >= 15 is 0 Å². The van der Waals surface area contributed by atoms with Crippen molar-refractivity contribution in [3.8, 4) is 0 Å². The lowest BCUT2D eigenvalue weighted by molar-refractivity contribution is 0.0712. The van der Waals surface area contributed by atoms with Crippen molar-refractivity contribution >= 4 is 23.1 Å². The number of carbonyl (C=O) groups is 1. The minimum absolute atomic E-state index is 0.00382. The second-order valence-electron chi connectivity index (χ2n) is 5.22. The topological polar surface area (TPSA) is 49.3 Å². The zero-order chi connectivity index (χ0) is 14.7. The first-order valence-corrected chi connectivity index (χ1v) is 8.01. The molecule has 0 saturated carbocycles. The van der Waals surface area contributed by atoms with Gasteiger partial charge in [-0.2, -0.15) is 0 Å². The summed E-state index contributed by atoms with van der Waals surface area (Å²) in [5, 5.41) is 1.80. The lowest BCUT2D eigenvalue weighted by atomic mass is 10.0. The highest BCUT2D eigenvalue weighted by molar-refractivity contribution is 7.07. The van der Waals surface area contributed by atoms with Crippen molar-refractivity contribution in [2.45, 2.75) is 18.9 Å². The molecule has 0 bridgehead atoms. The largest absolute Gasteiger partial charge is 0.355 e. The van der Waals surface area contributed by atoms with E-state index in [0.29, 0.717) is 5.69 Å². The maximum Gasteiger partial charge on any atom is 0.273 e. The van der Waals surface area contributed by atoms with E-state index in [1.165, 1.54) is 11.3 Å². The fourth-order valence-corrected chi connectivity index (χ4v) is 3.21. The van der Waals surface area contributed by atoms with Gasteiger partial charge in [-0.05, 0) is 25.0 Å². The summed E-state index contributed by atoms with van der Waals surface area (Å²) in [6, 6.07) is 6.14. The number of amides is 1. The third kappa shape index (κ3) is 3.05. The number of rotatable bonds is 3. The predicted molar refractivity (Wildman–Crippen MR) is 83.7 cm³/mol. The first-order valence-electron chi connectivity index (χ1n) is 7.07. The third-order valence-corrected chi connectivity index (χ3v) is 4.48. The molecule has 0 aliphatic carbocycles. The van der Waals surface area contributed by atoms with Crippen LogP contribution in [-0.4, -0.2) is 47.0 Å². The van der Waals surface area contributed by atoms with Crippen LogP contribution in [-0.2, 0) is 0 Å². The van der Waals surface area contributed by atoms with Gasteiger partial charge in [0.1, 0.15) is 11.5 Å². The molecule has 0 N–H and O–H groups in total. The number of thiazole rings is 1. The van der Waals surface area contributed by atoms with E-state index in [1.54, 1.807) is 10.9 Å². The smallest absolute Gasteiger partial charge is 0.273 e. The molecule has 21 heavy (non-hydrogen) atoms. The Bertz CT molecular complexity index is 587. The molecular formula is C15H18N4OS. The van der Waals surface area contributed by atoms with Crippen molar-refractivity contribution in [2.24, 2.45) is 0 Å². The Morgan fingerprint density at radius 1 is 1.43 bits per heavy atom. The summed E-state index contributed by atoms with van der Waals surface area (Å²) in [7, 11) is 1.87. The van der Waals surface area contributed by atoms with Crippen LogP contribution in [0, 0.1) is 0 Å². The average molecular weight is 302 g/mol. The van der Waals surface area contributed by atoms with E-state index in [9.17, 15) is 4.79 Å². The fraction of sp³-hybridized carbons (Fsp3) is 0.400. The molecule has 1 aliphatic rings. The molecule has 1 fully saturated rings. The van der Waals surface area contributed by atoms with E-state index in [1.807, 2.05) is 36.3 Å². The minimum atomic E-state index is 0.00382. The van der Waals surface area contributed by atoms with Gasteiger partial charge in [0.15, 0.2) is 0 Å². The number of hydrogen-bond donors (Lipinski definition) is 0. The SMILES string of the molecule is CN(C(=O)c1cscn1)[C@H]1CCCN(c2ccccn2)C1. The van der Waals surface area contributed by atoms with Crippen molar-refractivity contribution in [1.29, 1.82) is 0 Å². The predicted octanol–water partition coefficient (Wildman–Crippen LogP) is 2.28. The maximum absolute atomic E-state index is 12.4. The molecule has 1 saturated heterocycles. The van der Waals surface area contributed by atoms with E-state index in [4.69, 9.17) is 0 Å². The van der Waals surface area contributed by atoms with Crippen LogP contribution >= 0.6 is 11.3 Å². The van der Waals surface area contributed by atoms with Crippen molar-refractivity contribution in [1.82, 2.24) is 14.9 Å². The van der Waals surface area contributed by atoms with Gasteiger partial charge in [0, 0.05) is 37.8 Å². The van der Waals surface area contributed by atoms with Crippen LogP contribution in [0.4, 0.5) is 5.82 Å². The van der Waals surface area contributed by atoms with Crippen LogP contribution in [0.25, 0.3) is 0 Å². The number of aromatic nitrogens is 2. The zero-order valence-electron chi connectivity index (χ0n) is 12.0. The number of nitrogens with zero attached hydrogens (tertiary/aromatic N) is 4. The summed E-state index contributed by atoms with van der Waals surface area (Å²) in [5.41, 5.74) is 2.24. The molecule has 0 spiro atoms. The summed E-state index contributed by atoms with van der Waals surface area (Å²) in [6.45, 7) is 1.82. The zero-order valence-corrected chi connectivity index (χ0v) is 12.8. The van der Waals surface area contributed by atoms with Crippen LogP contribution in [0.1, 0.15) is 23.3 Å². The minimum Gasteiger partial charge on any atom is -0.355 e. The highest BCUT2D eigenvalue weighted by Gasteiger charge is 2.27. The summed E-state index contributed by atoms with van der Waals surface area (Å²) >= 11 is 1.45. The Hall–Kier alpha value is -1.95. The summed E-state index contributed by atoms with van der Waals surface area (Å²) in [5.74, 6) is 0.987. The monoisotopic (exact) mass is 302 g/mol. The molecule has 2 aromatic heterocycles. The van der Waals surface area contributed by atoms with Gasteiger partial charge >= 0.3 is 0 Å². The van der Waals surface area contributed by atoms with Crippen LogP contribution in [0.5, 0.6) is 0 Å². The van der Waals surface area contributed by atoms with E-state index in [-0.39, 0.29) is 11.9 Å². The Morgan fingerprint density at radius 2 is 2.33 bits per heavy atom. The highest BCUT2D eigenvalue weighted by atomic mass is 32.1. The van der Waals surface area contributed by atoms with E-state index < -0.39 is 0 Å². The van der Waals surface area contributed by atoms with Gasteiger partial charge in [-0.25, -0.2) is 9.97 Å². The van der Waals surface area contributed by atoms with Crippen LogP contribution in [0.15, 0.2) is 35.3 Å². The summed E-state index contributed by atoms with van der Waals surface area (Å²) < 4.78 is 0. The summed E-state index contributed by atoms with van der Waals surface area (Å²) in [6.07, 6.45) is 3.90. The Labute approximate surface area is 128 Å². The van der Waals surface area contributed by atoms with Gasteiger partial charge < -0.3 is 9.80 Å². The molecule has 5 nitrogen and oxygen atoms in total. The van der Waals surface area contributed by atoms with Gasteiger partial charge in [-0.15, -0.1) is 11.3 Å². The van der Waals surface area contributed by atoms with E-state index in [2.05, 4.69) is 14.9 Å². The van der Waals surface area contributed by atoms with Gasteiger partial charge in [-0.3, -0.25) is 4.79 Å². The molecule has 1 aliphatic heterocycles. The molecule has 6 heteroatoms. The van der Waals surface area contributed by atoms with Crippen molar-refractivity contribution in [3.63, 3.8) is 0 Å². The molecule has 0 aromatic carbocycles. The quantitative estimate of drug-likeness (QED) is 0.873.